The summed E-state index contributed by atoms with van der Waals surface area (Å²) >= 11 is 0. The molecule has 0 rings (SSSR count). The van der Waals surface area contributed by atoms with Gasteiger partial charge in [-0.05, 0) is 6.42 Å². The Labute approximate surface area is 84.5 Å². The molecule has 0 aromatic heterocycles. The van der Waals surface area contributed by atoms with E-state index < -0.39 is 6.04 Å². The van der Waals surface area contributed by atoms with Crippen LogP contribution in [0.25, 0.3) is 0 Å². The molecule has 84 valence electrons. The lowest BCUT2D eigenvalue weighted by Crippen LogP contribution is -2.42. The molecule has 0 heterocycles. The second-order valence-corrected chi connectivity index (χ2v) is 3.15. The van der Waals surface area contributed by atoms with Crippen molar-refractivity contribution in [2.24, 2.45) is 0 Å². The first-order valence-electron chi connectivity index (χ1n) is 4.96. The highest BCUT2D eigenvalue weighted by Gasteiger charge is 2.06. The first-order valence-corrected chi connectivity index (χ1v) is 4.96. The molecule has 0 unspecified atom stereocenters. The molecule has 5 heteroatoms. The molecule has 4 N–H and O–H groups in total. The van der Waals surface area contributed by atoms with Crippen LogP contribution >= 0.6 is 0 Å². The van der Waals surface area contributed by atoms with Gasteiger partial charge >= 0.3 is 0 Å². The molecule has 1 amide bonds. The van der Waals surface area contributed by atoms with Crippen molar-refractivity contribution in [2.45, 2.75) is 25.8 Å². The average molecular weight is 204 g/mol. The fourth-order valence-corrected chi connectivity index (χ4v) is 0.891. The summed E-state index contributed by atoms with van der Waals surface area (Å²) in [6.07, 6.45) is 2.01. The minimum absolute atomic E-state index is 0.106. The molecule has 0 saturated carbocycles. The van der Waals surface area contributed by atoms with Crippen LogP contribution in [0.15, 0.2) is 0 Å². The van der Waals surface area contributed by atoms with E-state index in [1.165, 1.54) is 0 Å². The molecule has 0 aliphatic heterocycles. The van der Waals surface area contributed by atoms with Crippen molar-refractivity contribution in [2.75, 3.05) is 26.3 Å². The quantitative estimate of drug-likeness (QED) is 0.376. The highest BCUT2D eigenvalue weighted by atomic mass is 16.3. The zero-order chi connectivity index (χ0) is 10.8. The second kappa shape index (κ2) is 8.93. The number of unbranched alkanes of at least 4 members (excludes halogenated alkanes) is 1. The van der Waals surface area contributed by atoms with Gasteiger partial charge in [-0.3, -0.25) is 4.79 Å². The molecule has 0 spiro atoms. The van der Waals surface area contributed by atoms with Crippen molar-refractivity contribution in [3.8, 4) is 0 Å². The van der Waals surface area contributed by atoms with Crippen molar-refractivity contribution in [3.05, 3.63) is 0 Å². The number of aliphatic hydroxyl groups is 2. The zero-order valence-corrected chi connectivity index (χ0v) is 8.62. The van der Waals surface area contributed by atoms with Crippen LogP contribution in [0, 0.1) is 0 Å². The number of hydrogen-bond donors (Lipinski definition) is 4. The molecular formula is C9H20N2O3. The number of aliphatic hydroxyl groups excluding tert-OH is 2. The Morgan fingerprint density at radius 2 is 2.00 bits per heavy atom. The van der Waals surface area contributed by atoms with Gasteiger partial charge in [-0.25, -0.2) is 0 Å². The van der Waals surface area contributed by atoms with E-state index in [-0.39, 0.29) is 25.7 Å². The van der Waals surface area contributed by atoms with E-state index in [9.17, 15) is 4.79 Å². The van der Waals surface area contributed by atoms with Gasteiger partial charge in [0.05, 0.1) is 25.8 Å². The van der Waals surface area contributed by atoms with Gasteiger partial charge in [-0.1, -0.05) is 13.3 Å². The third kappa shape index (κ3) is 6.82. The van der Waals surface area contributed by atoms with Crippen LogP contribution in [-0.4, -0.2) is 48.5 Å². The molecule has 0 aliphatic rings. The Bertz CT molecular complexity index is 149. The molecule has 0 bridgehead atoms. The first-order chi connectivity index (χ1) is 6.74. The molecule has 0 aliphatic carbocycles. The van der Waals surface area contributed by atoms with Crippen molar-refractivity contribution in [1.82, 2.24) is 10.6 Å². The second-order valence-electron chi connectivity index (χ2n) is 3.15. The standard InChI is InChI=1S/C9H20N2O3/c1-2-3-4-10-9(14)5-11-8(6-12)7-13/h8,11-13H,2-7H2,1H3,(H,10,14). The maximum atomic E-state index is 11.1. The van der Waals surface area contributed by atoms with Crippen LogP contribution in [0.2, 0.25) is 0 Å². The fourth-order valence-electron chi connectivity index (χ4n) is 0.891. The van der Waals surface area contributed by atoms with Crippen LogP contribution in [-0.2, 0) is 4.79 Å². The van der Waals surface area contributed by atoms with Gasteiger partial charge in [0.15, 0.2) is 0 Å². The van der Waals surface area contributed by atoms with E-state index >= 15 is 0 Å². The topological polar surface area (TPSA) is 81.6 Å². The first kappa shape index (κ1) is 13.4. The smallest absolute Gasteiger partial charge is 0.233 e. The number of amides is 1. The van der Waals surface area contributed by atoms with E-state index in [1.807, 2.05) is 0 Å². The maximum Gasteiger partial charge on any atom is 0.233 e. The van der Waals surface area contributed by atoms with E-state index in [1.54, 1.807) is 0 Å². The van der Waals surface area contributed by atoms with Crippen molar-refractivity contribution in [1.29, 1.82) is 0 Å². The lowest BCUT2D eigenvalue weighted by molar-refractivity contribution is -0.120. The van der Waals surface area contributed by atoms with Crippen molar-refractivity contribution >= 4 is 5.91 Å². The molecule has 0 saturated heterocycles. The Morgan fingerprint density at radius 3 is 2.50 bits per heavy atom. The van der Waals surface area contributed by atoms with Gasteiger partial charge in [0, 0.05) is 6.54 Å². The summed E-state index contributed by atoms with van der Waals surface area (Å²) in [5.41, 5.74) is 0. The minimum Gasteiger partial charge on any atom is -0.395 e. The predicted molar refractivity (Wildman–Crippen MR) is 53.9 cm³/mol. The zero-order valence-electron chi connectivity index (χ0n) is 8.62. The summed E-state index contributed by atoms with van der Waals surface area (Å²) in [4.78, 5) is 11.1. The summed E-state index contributed by atoms with van der Waals surface area (Å²) in [5, 5.41) is 22.9. The van der Waals surface area contributed by atoms with E-state index in [4.69, 9.17) is 10.2 Å². The molecule has 5 nitrogen and oxygen atoms in total. The van der Waals surface area contributed by atoms with E-state index in [0.717, 1.165) is 12.8 Å². The summed E-state index contributed by atoms with van der Waals surface area (Å²) in [5.74, 6) is -0.106. The average Bonchev–Trinajstić information content (AvgIpc) is 2.20. The van der Waals surface area contributed by atoms with Gasteiger partial charge in [0.2, 0.25) is 5.91 Å². The van der Waals surface area contributed by atoms with Crippen LogP contribution < -0.4 is 10.6 Å². The monoisotopic (exact) mass is 204 g/mol. The van der Waals surface area contributed by atoms with Gasteiger partial charge in [-0.15, -0.1) is 0 Å². The van der Waals surface area contributed by atoms with Gasteiger partial charge in [-0.2, -0.15) is 0 Å². The molecule has 14 heavy (non-hydrogen) atoms. The SMILES string of the molecule is CCCCNC(=O)CNC(CO)CO. The van der Waals surface area contributed by atoms with Crippen molar-refractivity contribution < 1.29 is 15.0 Å². The minimum atomic E-state index is -0.410. The highest BCUT2D eigenvalue weighted by molar-refractivity contribution is 5.77. The van der Waals surface area contributed by atoms with Crippen LogP contribution in [0.4, 0.5) is 0 Å². The van der Waals surface area contributed by atoms with Crippen LogP contribution in [0.1, 0.15) is 19.8 Å². The van der Waals surface area contributed by atoms with E-state index in [0.29, 0.717) is 6.54 Å². The molecule has 0 fully saturated rings. The maximum absolute atomic E-state index is 11.1. The molecule has 0 atom stereocenters. The van der Waals surface area contributed by atoms with Crippen molar-refractivity contribution in [3.63, 3.8) is 0 Å². The van der Waals surface area contributed by atoms with Gasteiger partial charge < -0.3 is 20.8 Å². The summed E-state index contributed by atoms with van der Waals surface area (Å²) < 4.78 is 0. The summed E-state index contributed by atoms with van der Waals surface area (Å²) in [7, 11) is 0. The lowest BCUT2D eigenvalue weighted by Gasteiger charge is -2.12. The molecular weight excluding hydrogens is 184 g/mol. The van der Waals surface area contributed by atoms with Gasteiger partial charge in [0.25, 0.3) is 0 Å². The number of rotatable bonds is 8. The lowest BCUT2D eigenvalue weighted by atomic mass is 10.3. The molecule has 0 radical (unpaired) electrons. The number of nitrogens with one attached hydrogen (secondary N) is 2. The van der Waals surface area contributed by atoms with Crippen LogP contribution in [0.3, 0.4) is 0 Å². The summed E-state index contributed by atoms with van der Waals surface area (Å²) in [6.45, 7) is 2.53. The van der Waals surface area contributed by atoms with Gasteiger partial charge in [0.1, 0.15) is 0 Å². The highest BCUT2D eigenvalue weighted by Crippen LogP contribution is 1.82. The van der Waals surface area contributed by atoms with E-state index in [2.05, 4.69) is 17.6 Å². The van der Waals surface area contributed by atoms with Crippen LogP contribution in [0.5, 0.6) is 0 Å². The Morgan fingerprint density at radius 1 is 1.36 bits per heavy atom. The largest absolute Gasteiger partial charge is 0.395 e. The Balaban J connectivity index is 3.42. The normalized spacial score (nSPS) is 10.6. The third-order valence-corrected chi connectivity index (χ3v) is 1.84. The number of hydrogen-bond acceptors (Lipinski definition) is 4. The Hall–Kier alpha value is -0.650. The third-order valence-electron chi connectivity index (χ3n) is 1.84. The molecule has 0 aromatic rings. The predicted octanol–water partition coefficient (Wildman–Crippen LogP) is -1.15. The summed E-state index contributed by atoms with van der Waals surface area (Å²) in [6, 6.07) is -0.410. The Kier molecular flexibility index (Phi) is 8.51. The fraction of sp³-hybridized carbons (Fsp3) is 0.889. The number of carbonyl (C=O) groups excluding carboxylic acids is 1. The number of carbonyl (C=O) groups is 1. The molecule has 0 aromatic carbocycles.